The van der Waals surface area contributed by atoms with Gasteiger partial charge in [0, 0.05) is 64.8 Å². The van der Waals surface area contributed by atoms with E-state index in [-0.39, 0.29) is 0 Å². The van der Waals surface area contributed by atoms with Crippen LogP contribution in [0.4, 0.5) is 17.7 Å². The fraction of sp³-hybridized carbons (Fsp3) is 0.500. The van der Waals surface area contributed by atoms with Crippen molar-refractivity contribution in [3.63, 3.8) is 0 Å². The molecule has 26 heavy (non-hydrogen) atoms. The number of carbonyl (C=O) groups is 1. The second-order valence-electron chi connectivity index (χ2n) is 6.27. The van der Waals surface area contributed by atoms with Gasteiger partial charge in [0.2, 0.25) is 18.3 Å². The number of amides is 1. The molecule has 10 nitrogen and oxygen atoms in total. The summed E-state index contributed by atoms with van der Waals surface area (Å²) in [6.07, 6.45) is 6.11. The maximum atomic E-state index is 10.8. The lowest BCUT2D eigenvalue weighted by atomic mass is 10.3. The average Bonchev–Trinajstić information content (AvgIpc) is 2.75. The van der Waals surface area contributed by atoms with Crippen molar-refractivity contribution < 1.29 is 4.79 Å². The minimum Gasteiger partial charge on any atom is -0.352 e. The summed E-state index contributed by atoms with van der Waals surface area (Å²) < 4.78 is 0. The van der Waals surface area contributed by atoms with E-state index in [0.717, 1.165) is 57.4 Å². The summed E-state index contributed by atoms with van der Waals surface area (Å²) in [4.78, 5) is 32.4. The predicted octanol–water partition coefficient (Wildman–Crippen LogP) is -0.733. The van der Waals surface area contributed by atoms with E-state index in [1.54, 1.807) is 23.5 Å². The summed E-state index contributed by atoms with van der Waals surface area (Å²) in [5.41, 5.74) is 0. The summed E-state index contributed by atoms with van der Waals surface area (Å²) in [5, 5.41) is 8.34. The predicted molar refractivity (Wildman–Crippen MR) is 96.1 cm³/mol. The fourth-order valence-corrected chi connectivity index (χ4v) is 3.19. The van der Waals surface area contributed by atoms with Crippen molar-refractivity contribution in [2.24, 2.45) is 0 Å². The van der Waals surface area contributed by atoms with Crippen LogP contribution in [0.15, 0.2) is 24.7 Å². The number of aromatic nitrogens is 5. The van der Waals surface area contributed by atoms with E-state index >= 15 is 0 Å². The smallest absolute Gasteiger partial charge is 0.247 e. The van der Waals surface area contributed by atoms with Crippen LogP contribution >= 0.6 is 0 Å². The number of hydrogen-bond acceptors (Lipinski definition) is 9. The highest BCUT2D eigenvalue weighted by Gasteiger charge is 2.23. The van der Waals surface area contributed by atoms with Crippen LogP contribution in [0.2, 0.25) is 0 Å². The summed E-state index contributed by atoms with van der Waals surface area (Å²) in [6.45, 7) is 6.15. The van der Waals surface area contributed by atoms with E-state index in [1.165, 1.54) is 0 Å². The Bertz CT molecular complexity index is 728. The van der Waals surface area contributed by atoms with Gasteiger partial charge in [-0.2, -0.15) is 10.1 Å². The molecule has 0 spiro atoms. The van der Waals surface area contributed by atoms with Crippen molar-refractivity contribution in [3.8, 4) is 0 Å². The minimum atomic E-state index is 0.647. The Morgan fingerprint density at radius 1 is 0.808 bits per heavy atom. The van der Waals surface area contributed by atoms with E-state index in [0.29, 0.717) is 19.0 Å². The highest BCUT2D eigenvalue weighted by atomic mass is 16.1. The molecule has 0 bridgehead atoms. The van der Waals surface area contributed by atoms with E-state index in [2.05, 4.69) is 34.9 Å². The van der Waals surface area contributed by atoms with Gasteiger partial charge in [-0.25, -0.2) is 9.97 Å². The molecule has 0 unspecified atom stereocenters. The lowest BCUT2D eigenvalue weighted by Crippen LogP contribution is -2.48. The number of rotatable bonds is 4. The van der Waals surface area contributed by atoms with Crippen LogP contribution in [0.3, 0.4) is 0 Å². The number of hydrogen-bond donors (Lipinski definition) is 0. The Hall–Kier alpha value is -3.04. The molecular weight excluding hydrogens is 334 g/mol. The Morgan fingerprint density at radius 3 is 2.08 bits per heavy atom. The van der Waals surface area contributed by atoms with Gasteiger partial charge >= 0.3 is 0 Å². The zero-order valence-corrected chi connectivity index (χ0v) is 14.5. The topological polar surface area (TPSA) is 94.5 Å². The second-order valence-corrected chi connectivity index (χ2v) is 6.27. The number of anilines is 3. The molecule has 4 heterocycles. The highest BCUT2D eigenvalue weighted by molar-refractivity contribution is 5.49. The molecule has 2 fully saturated rings. The first kappa shape index (κ1) is 16.4. The zero-order chi connectivity index (χ0) is 17.8. The lowest BCUT2D eigenvalue weighted by molar-refractivity contribution is -0.118. The van der Waals surface area contributed by atoms with Crippen molar-refractivity contribution in [1.29, 1.82) is 0 Å². The Morgan fingerprint density at radius 2 is 1.42 bits per heavy atom. The van der Waals surface area contributed by atoms with Crippen molar-refractivity contribution in [3.05, 3.63) is 24.7 Å². The molecule has 2 aliphatic rings. The van der Waals surface area contributed by atoms with Crippen molar-refractivity contribution in [2.45, 2.75) is 0 Å². The third-order valence-corrected chi connectivity index (χ3v) is 4.72. The van der Waals surface area contributed by atoms with Crippen LogP contribution in [0.5, 0.6) is 0 Å². The molecular formula is C16H21N9O. The highest BCUT2D eigenvalue weighted by Crippen LogP contribution is 2.17. The van der Waals surface area contributed by atoms with Gasteiger partial charge in [-0.05, 0) is 6.07 Å². The second kappa shape index (κ2) is 7.46. The minimum absolute atomic E-state index is 0.647. The van der Waals surface area contributed by atoms with Crippen LogP contribution in [0.25, 0.3) is 0 Å². The average molecular weight is 355 g/mol. The van der Waals surface area contributed by atoms with Gasteiger partial charge in [-0.3, -0.25) is 4.79 Å². The molecule has 0 aliphatic carbocycles. The first-order chi connectivity index (χ1) is 12.8. The summed E-state index contributed by atoms with van der Waals surface area (Å²) in [7, 11) is 0. The molecule has 4 rings (SSSR count). The van der Waals surface area contributed by atoms with Gasteiger partial charge in [0.25, 0.3) is 0 Å². The molecule has 2 aromatic rings. The van der Waals surface area contributed by atoms with Crippen LogP contribution < -0.4 is 14.7 Å². The monoisotopic (exact) mass is 355 g/mol. The van der Waals surface area contributed by atoms with Gasteiger partial charge in [-0.15, -0.1) is 5.10 Å². The van der Waals surface area contributed by atoms with Gasteiger partial charge in [0.15, 0.2) is 5.82 Å². The molecule has 0 radical (unpaired) electrons. The summed E-state index contributed by atoms with van der Waals surface area (Å²) >= 11 is 0. The molecule has 1 amide bonds. The molecule has 2 saturated heterocycles. The maximum absolute atomic E-state index is 10.8. The fourth-order valence-electron chi connectivity index (χ4n) is 3.19. The molecule has 2 aliphatic heterocycles. The number of carbonyl (C=O) groups excluding carboxylic acids is 1. The largest absolute Gasteiger partial charge is 0.352 e. The molecule has 10 heteroatoms. The Kier molecular flexibility index (Phi) is 4.71. The molecule has 136 valence electrons. The van der Waals surface area contributed by atoms with Gasteiger partial charge in [0.1, 0.15) is 0 Å². The SMILES string of the molecule is O=CN1CCN(c2cnnc(N3CCN(c4ncccn4)CC3)n2)CC1. The summed E-state index contributed by atoms with van der Waals surface area (Å²) in [5.74, 6) is 2.22. The third-order valence-electron chi connectivity index (χ3n) is 4.72. The maximum Gasteiger partial charge on any atom is 0.247 e. The number of nitrogens with zero attached hydrogens (tertiary/aromatic N) is 9. The van der Waals surface area contributed by atoms with E-state index in [9.17, 15) is 4.79 Å². The van der Waals surface area contributed by atoms with E-state index in [4.69, 9.17) is 4.98 Å². The van der Waals surface area contributed by atoms with E-state index in [1.807, 2.05) is 6.07 Å². The molecule has 0 atom stereocenters. The Labute approximate surface area is 151 Å². The number of piperazine rings is 2. The molecule has 2 aromatic heterocycles. The van der Waals surface area contributed by atoms with Crippen molar-refractivity contribution in [1.82, 2.24) is 30.0 Å². The summed E-state index contributed by atoms with van der Waals surface area (Å²) in [6, 6.07) is 1.82. The van der Waals surface area contributed by atoms with Gasteiger partial charge in [0.05, 0.1) is 6.20 Å². The van der Waals surface area contributed by atoms with Crippen molar-refractivity contribution >= 4 is 24.1 Å². The molecule has 0 saturated carbocycles. The normalized spacial score (nSPS) is 18.2. The lowest BCUT2D eigenvalue weighted by Gasteiger charge is -2.35. The molecule has 0 N–H and O–H groups in total. The van der Waals surface area contributed by atoms with Crippen LogP contribution in [-0.4, -0.2) is 88.8 Å². The van der Waals surface area contributed by atoms with Crippen molar-refractivity contribution in [2.75, 3.05) is 67.1 Å². The quantitative estimate of drug-likeness (QED) is 0.658. The first-order valence-corrected chi connectivity index (χ1v) is 8.74. The first-order valence-electron chi connectivity index (χ1n) is 8.74. The Balaban J connectivity index is 1.39. The van der Waals surface area contributed by atoms with Crippen LogP contribution in [0, 0.1) is 0 Å². The van der Waals surface area contributed by atoms with Crippen LogP contribution in [0.1, 0.15) is 0 Å². The van der Waals surface area contributed by atoms with Crippen LogP contribution in [-0.2, 0) is 4.79 Å². The van der Waals surface area contributed by atoms with Gasteiger partial charge < -0.3 is 19.6 Å². The van der Waals surface area contributed by atoms with Gasteiger partial charge in [-0.1, -0.05) is 0 Å². The zero-order valence-electron chi connectivity index (χ0n) is 14.5. The standard InChI is InChI=1S/C16H21N9O/c26-13-22-4-6-23(7-5-22)14-12-19-21-16(20-14)25-10-8-24(9-11-25)15-17-2-1-3-18-15/h1-3,12-13H,4-11H2. The van der Waals surface area contributed by atoms with E-state index < -0.39 is 0 Å². The third kappa shape index (κ3) is 3.48. The molecule has 0 aromatic carbocycles.